The van der Waals surface area contributed by atoms with Crippen molar-refractivity contribution >= 4 is 7.28 Å². The van der Waals surface area contributed by atoms with Crippen LogP contribution in [0.1, 0.15) is 34.1 Å². The summed E-state index contributed by atoms with van der Waals surface area (Å²) < 4.78 is 0. The van der Waals surface area contributed by atoms with Gasteiger partial charge in [-0.05, 0) is 5.92 Å². The van der Waals surface area contributed by atoms with Crippen molar-refractivity contribution in [1.29, 1.82) is 0 Å². The third-order valence-electron chi connectivity index (χ3n) is 2.15. The summed E-state index contributed by atoms with van der Waals surface area (Å²) in [5, 5.41) is 0. The Balaban J connectivity index is 3.32. The van der Waals surface area contributed by atoms with Crippen LogP contribution < -0.4 is 0 Å². The van der Waals surface area contributed by atoms with Gasteiger partial charge in [-0.2, -0.15) is 0 Å². The first-order valence-corrected chi connectivity index (χ1v) is 4.05. The molecule has 0 nitrogen and oxygen atoms in total. The smallest absolute Gasteiger partial charge is 0.0827 e. The summed E-state index contributed by atoms with van der Waals surface area (Å²) in [6.45, 7) is 9.08. The van der Waals surface area contributed by atoms with Gasteiger partial charge in [0.05, 0.1) is 0 Å². The van der Waals surface area contributed by atoms with Gasteiger partial charge in [-0.15, -0.1) is 0 Å². The molecule has 1 radical (unpaired) electrons. The highest BCUT2D eigenvalue weighted by Gasteiger charge is 2.08. The molecule has 0 aliphatic rings. The zero-order valence-electron chi connectivity index (χ0n) is 7.15. The summed E-state index contributed by atoms with van der Waals surface area (Å²) in [5.74, 6) is 1.67. The van der Waals surface area contributed by atoms with E-state index in [1.165, 1.54) is 12.7 Å². The topological polar surface area (TPSA) is 0 Å². The molecule has 0 saturated carbocycles. The van der Waals surface area contributed by atoms with Crippen LogP contribution in [0, 0.1) is 5.92 Å². The van der Waals surface area contributed by atoms with Gasteiger partial charge in [0.25, 0.3) is 0 Å². The first-order valence-electron chi connectivity index (χ1n) is 4.05. The molecule has 0 N–H and O–H groups in total. The second kappa shape index (κ2) is 4.90. The molecule has 53 valence electrons. The van der Waals surface area contributed by atoms with Crippen LogP contribution in [0.25, 0.3) is 0 Å². The molecule has 0 bridgehead atoms. The van der Waals surface area contributed by atoms with E-state index >= 15 is 0 Å². The van der Waals surface area contributed by atoms with Gasteiger partial charge < -0.3 is 0 Å². The van der Waals surface area contributed by atoms with Crippen molar-refractivity contribution in [3.05, 3.63) is 0 Å². The Hall–Kier alpha value is 0.0649. The highest BCUT2D eigenvalue weighted by Crippen LogP contribution is 2.19. The van der Waals surface area contributed by atoms with Gasteiger partial charge in [-0.1, -0.05) is 46.3 Å². The highest BCUT2D eigenvalue weighted by atomic mass is 14.0. The molecule has 0 heterocycles. The van der Waals surface area contributed by atoms with Gasteiger partial charge in [0.15, 0.2) is 0 Å². The molecular weight excluding hydrogens is 107 g/mol. The Morgan fingerprint density at radius 3 is 2.11 bits per heavy atom. The van der Waals surface area contributed by atoms with Crippen molar-refractivity contribution in [2.24, 2.45) is 5.92 Å². The molecule has 0 rings (SSSR count). The third kappa shape index (κ3) is 3.61. The SMILES string of the molecule is CC[B]C(C)C(C)CC. The van der Waals surface area contributed by atoms with Crippen molar-refractivity contribution in [3.8, 4) is 0 Å². The number of rotatable bonds is 4. The lowest BCUT2D eigenvalue weighted by atomic mass is 9.58. The monoisotopic (exact) mass is 125 g/mol. The highest BCUT2D eigenvalue weighted by molar-refractivity contribution is 6.37. The minimum Gasteiger partial charge on any atom is -0.0827 e. The van der Waals surface area contributed by atoms with Crippen molar-refractivity contribution < 1.29 is 0 Å². The van der Waals surface area contributed by atoms with Crippen molar-refractivity contribution in [3.63, 3.8) is 0 Å². The van der Waals surface area contributed by atoms with E-state index in [0.717, 1.165) is 11.7 Å². The van der Waals surface area contributed by atoms with E-state index < -0.39 is 0 Å². The maximum absolute atomic E-state index is 2.40. The average Bonchev–Trinajstić information content (AvgIpc) is 1.87. The van der Waals surface area contributed by atoms with E-state index in [1.54, 1.807) is 0 Å². The predicted octanol–water partition coefficient (Wildman–Crippen LogP) is 2.98. The fourth-order valence-electron chi connectivity index (χ4n) is 0.976. The van der Waals surface area contributed by atoms with Crippen molar-refractivity contribution in [2.75, 3.05) is 0 Å². The molecule has 0 fully saturated rings. The predicted molar refractivity (Wildman–Crippen MR) is 45.1 cm³/mol. The summed E-state index contributed by atoms with van der Waals surface area (Å²) in [7, 11) is 2.40. The lowest BCUT2D eigenvalue weighted by Gasteiger charge is -2.15. The van der Waals surface area contributed by atoms with E-state index in [-0.39, 0.29) is 0 Å². The Kier molecular flexibility index (Phi) is 4.93. The van der Waals surface area contributed by atoms with Crippen LogP contribution in [-0.4, -0.2) is 7.28 Å². The lowest BCUT2D eigenvalue weighted by Crippen LogP contribution is -2.07. The van der Waals surface area contributed by atoms with Crippen LogP contribution in [0.2, 0.25) is 12.1 Å². The summed E-state index contributed by atoms with van der Waals surface area (Å²) in [6, 6.07) is 0. The molecule has 0 amide bonds. The molecule has 0 aromatic heterocycles. The Bertz CT molecular complexity index is 61.6. The molecule has 2 atom stereocenters. The van der Waals surface area contributed by atoms with Crippen molar-refractivity contribution in [2.45, 2.75) is 46.3 Å². The average molecular weight is 125 g/mol. The van der Waals surface area contributed by atoms with Gasteiger partial charge in [0.1, 0.15) is 7.28 Å². The van der Waals surface area contributed by atoms with Crippen LogP contribution in [0.3, 0.4) is 0 Å². The summed E-state index contributed by atoms with van der Waals surface area (Å²) in [5.41, 5.74) is 0. The molecule has 0 aliphatic heterocycles. The zero-order chi connectivity index (χ0) is 7.28. The first kappa shape index (κ1) is 9.06. The second-order valence-corrected chi connectivity index (χ2v) is 2.89. The maximum atomic E-state index is 2.40. The summed E-state index contributed by atoms with van der Waals surface area (Å²) in [4.78, 5) is 0. The van der Waals surface area contributed by atoms with Crippen LogP contribution >= 0.6 is 0 Å². The molecule has 2 unspecified atom stereocenters. The zero-order valence-corrected chi connectivity index (χ0v) is 7.15. The summed E-state index contributed by atoms with van der Waals surface area (Å²) >= 11 is 0. The minimum atomic E-state index is 0.806. The lowest BCUT2D eigenvalue weighted by molar-refractivity contribution is 0.539. The molecule has 0 aromatic rings. The Morgan fingerprint density at radius 1 is 1.22 bits per heavy atom. The van der Waals surface area contributed by atoms with Crippen molar-refractivity contribution in [1.82, 2.24) is 0 Å². The van der Waals surface area contributed by atoms with Gasteiger partial charge in [0, 0.05) is 0 Å². The molecule has 0 aliphatic carbocycles. The quantitative estimate of drug-likeness (QED) is 0.506. The molecule has 0 saturated heterocycles. The maximum Gasteiger partial charge on any atom is 0.113 e. The fraction of sp³-hybridized carbons (Fsp3) is 1.00. The molecule has 0 aromatic carbocycles. The first-order chi connectivity index (χ1) is 4.22. The molecule has 1 heteroatoms. The van der Waals surface area contributed by atoms with E-state index in [9.17, 15) is 0 Å². The Labute approximate surface area is 60.3 Å². The van der Waals surface area contributed by atoms with Crippen LogP contribution in [0.4, 0.5) is 0 Å². The second-order valence-electron chi connectivity index (χ2n) is 2.89. The van der Waals surface area contributed by atoms with Gasteiger partial charge >= 0.3 is 0 Å². The van der Waals surface area contributed by atoms with Crippen LogP contribution in [-0.2, 0) is 0 Å². The van der Waals surface area contributed by atoms with Crippen LogP contribution in [0.15, 0.2) is 0 Å². The van der Waals surface area contributed by atoms with E-state index in [4.69, 9.17) is 0 Å². The van der Waals surface area contributed by atoms with E-state index in [0.29, 0.717) is 0 Å². The van der Waals surface area contributed by atoms with E-state index in [2.05, 4.69) is 35.0 Å². The Morgan fingerprint density at radius 2 is 1.78 bits per heavy atom. The fourth-order valence-corrected chi connectivity index (χ4v) is 0.976. The molecule has 9 heavy (non-hydrogen) atoms. The van der Waals surface area contributed by atoms with E-state index in [1.807, 2.05) is 0 Å². The normalized spacial score (nSPS) is 16.9. The number of hydrogen-bond donors (Lipinski definition) is 0. The standard InChI is InChI=1S/C8H18B/c1-5-7(3)8(4)9-6-2/h7-8H,5-6H2,1-4H3. The van der Waals surface area contributed by atoms with Gasteiger partial charge in [0.2, 0.25) is 0 Å². The molecule has 0 spiro atoms. The van der Waals surface area contributed by atoms with Gasteiger partial charge in [-0.3, -0.25) is 0 Å². The van der Waals surface area contributed by atoms with Crippen LogP contribution in [0.5, 0.6) is 0 Å². The minimum absolute atomic E-state index is 0.806. The third-order valence-corrected chi connectivity index (χ3v) is 2.15. The number of hydrogen-bond acceptors (Lipinski definition) is 0. The van der Waals surface area contributed by atoms with Gasteiger partial charge in [-0.25, -0.2) is 0 Å². The molecular formula is C8H18B. The summed E-state index contributed by atoms with van der Waals surface area (Å²) in [6.07, 6.45) is 2.52. The largest absolute Gasteiger partial charge is 0.113 e.